The van der Waals surface area contributed by atoms with E-state index in [2.05, 4.69) is 44.8 Å². The summed E-state index contributed by atoms with van der Waals surface area (Å²) in [5.74, 6) is 0. The fourth-order valence-electron chi connectivity index (χ4n) is 2.29. The SMILES string of the molecule is CCC1COCCN1c1nc(C)c(CNC(C)(C)C)s1. The zero-order chi connectivity index (χ0) is 14.8. The van der Waals surface area contributed by atoms with E-state index >= 15 is 0 Å². The van der Waals surface area contributed by atoms with Crippen LogP contribution >= 0.6 is 11.3 Å². The number of hydrogen-bond acceptors (Lipinski definition) is 5. The van der Waals surface area contributed by atoms with E-state index in [-0.39, 0.29) is 5.54 Å². The minimum absolute atomic E-state index is 0.140. The van der Waals surface area contributed by atoms with Crippen molar-refractivity contribution in [1.29, 1.82) is 0 Å². The monoisotopic (exact) mass is 297 g/mol. The van der Waals surface area contributed by atoms with Crippen molar-refractivity contribution in [2.24, 2.45) is 0 Å². The van der Waals surface area contributed by atoms with E-state index in [1.54, 1.807) is 0 Å². The third-order valence-corrected chi connectivity index (χ3v) is 4.80. The van der Waals surface area contributed by atoms with Gasteiger partial charge < -0.3 is 15.0 Å². The topological polar surface area (TPSA) is 37.4 Å². The number of thiazole rings is 1. The van der Waals surface area contributed by atoms with Gasteiger partial charge >= 0.3 is 0 Å². The molecule has 1 aliphatic rings. The minimum Gasteiger partial charge on any atom is -0.377 e. The maximum Gasteiger partial charge on any atom is 0.186 e. The van der Waals surface area contributed by atoms with Crippen LogP contribution in [0.2, 0.25) is 0 Å². The molecule has 0 aromatic carbocycles. The van der Waals surface area contributed by atoms with Gasteiger partial charge in [-0.25, -0.2) is 4.98 Å². The van der Waals surface area contributed by atoms with Crippen molar-refractivity contribution in [3.63, 3.8) is 0 Å². The minimum atomic E-state index is 0.140. The molecule has 2 heterocycles. The van der Waals surface area contributed by atoms with Crippen LogP contribution in [0.4, 0.5) is 5.13 Å². The number of anilines is 1. The van der Waals surface area contributed by atoms with E-state index in [4.69, 9.17) is 9.72 Å². The summed E-state index contributed by atoms with van der Waals surface area (Å²) < 4.78 is 5.58. The molecule has 4 nitrogen and oxygen atoms in total. The second-order valence-electron chi connectivity index (χ2n) is 6.44. The summed E-state index contributed by atoms with van der Waals surface area (Å²) in [4.78, 5) is 8.54. The molecule has 1 unspecified atom stereocenters. The van der Waals surface area contributed by atoms with Gasteiger partial charge in [-0.15, -0.1) is 11.3 Å². The Hall–Kier alpha value is -0.650. The second kappa shape index (κ2) is 6.41. The van der Waals surface area contributed by atoms with Crippen molar-refractivity contribution >= 4 is 16.5 Å². The van der Waals surface area contributed by atoms with E-state index in [0.717, 1.165) is 43.5 Å². The van der Waals surface area contributed by atoms with E-state index in [0.29, 0.717) is 6.04 Å². The van der Waals surface area contributed by atoms with Crippen LogP contribution in [-0.4, -0.2) is 36.3 Å². The van der Waals surface area contributed by atoms with Gasteiger partial charge in [0, 0.05) is 23.5 Å². The summed E-state index contributed by atoms with van der Waals surface area (Å²) in [5.41, 5.74) is 1.30. The summed E-state index contributed by atoms with van der Waals surface area (Å²) >= 11 is 1.82. The van der Waals surface area contributed by atoms with E-state index in [1.807, 2.05) is 11.3 Å². The highest BCUT2D eigenvalue weighted by molar-refractivity contribution is 7.15. The first-order valence-electron chi connectivity index (χ1n) is 7.46. The van der Waals surface area contributed by atoms with Gasteiger partial charge in [0.25, 0.3) is 0 Å². The Balaban J connectivity index is 2.09. The summed E-state index contributed by atoms with van der Waals surface area (Å²) in [5, 5.41) is 4.70. The molecule has 0 spiro atoms. The fraction of sp³-hybridized carbons (Fsp3) is 0.800. The Kier molecular flexibility index (Phi) is 5.04. The maximum atomic E-state index is 5.58. The first kappa shape index (κ1) is 15.7. The van der Waals surface area contributed by atoms with Crippen molar-refractivity contribution in [3.05, 3.63) is 10.6 Å². The lowest BCUT2D eigenvalue weighted by Crippen LogP contribution is -2.45. The molecule has 1 atom stereocenters. The predicted molar refractivity (Wildman–Crippen MR) is 85.7 cm³/mol. The third kappa shape index (κ3) is 3.93. The number of nitrogens with zero attached hydrogens (tertiary/aromatic N) is 2. The van der Waals surface area contributed by atoms with Gasteiger partial charge in [-0.05, 0) is 34.1 Å². The van der Waals surface area contributed by atoms with Crippen molar-refractivity contribution in [1.82, 2.24) is 10.3 Å². The van der Waals surface area contributed by atoms with Crippen LogP contribution in [-0.2, 0) is 11.3 Å². The maximum absolute atomic E-state index is 5.58. The van der Waals surface area contributed by atoms with E-state index < -0.39 is 0 Å². The molecule has 5 heteroatoms. The second-order valence-corrected chi connectivity index (χ2v) is 7.50. The van der Waals surface area contributed by atoms with Gasteiger partial charge in [0.05, 0.1) is 24.9 Å². The van der Waals surface area contributed by atoms with E-state index in [1.165, 1.54) is 4.88 Å². The highest BCUT2D eigenvalue weighted by Gasteiger charge is 2.25. The molecular formula is C15H27N3OS. The Bertz CT molecular complexity index is 439. The van der Waals surface area contributed by atoms with E-state index in [9.17, 15) is 0 Å². The number of morpholine rings is 1. The third-order valence-electron chi connectivity index (χ3n) is 3.61. The van der Waals surface area contributed by atoms with Crippen LogP contribution in [0.1, 0.15) is 44.7 Å². The fourth-order valence-corrected chi connectivity index (χ4v) is 3.39. The van der Waals surface area contributed by atoms with Crippen LogP contribution < -0.4 is 10.2 Å². The molecule has 20 heavy (non-hydrogen) atoms. The zero-order valence-corrected chi connectivity index (χ0v) is 14.1. The van der Waals surface area contributed by atoms with Gasteiger partial charge in [0.15, 0.2) is 5.13 Å². The highest BCUT2D eigenvalue weighted by Crippen LogP contribution is 2.29. The van der Waals surface area contributed by atoms with Crippen LogP contribution in [0.5, 0.6) is 0 Å². The van der Waals surface area contributed by atoms with Crippen molar-refractivity contribution < 1.29 is 4.74 Å². The summed E-state index contributed by atoms with van der Waals surface area (Å²) in [6.07, 6.45) is 1.11. The number of aromatic nitrogens is 1. The highest BCUT2D eigenvalue weighted by atomic mass is 32.1. The molecule has 114 valence electrons. The molecule has 1 aliphatic heterocycles. The number of ether oxygens (including phenoxy) is 1. The first-order valence-corrected chi connectivity index (χ1v) is 8.28. The van der Waals surface area contributed by atoms with Crippen molar-refractivity contribution in [2.75, 3.05) is 24.7 Å². The molecule has 0 radical (unpaired) electrons. The predicted octanol–water partition coefficient (Wildman–Crippen LogP) is 2.95. The molecule has 1 N–H and O–H groups in total. The molecule has 0 saturated carbocycles. The summed E-state index contributed by atoms with van der Waals surface area (Å²) in [7, 11) is 0. The summed E-state index contributed by atoms with van der Waals surface area (Å²) in [6, 6.07) is 0.470. The molecule has 1 saturated heterocycles. The molecule has 0 bridgehead atoms. The van der Waals surface area contributed by atoms with Gasteiger partial charge in [-0.1, -0.05) is 6.92 Å². The molecule has 0 amide bonds. The standard InChI is InChI=1S/C15H27N3OS/c1-6-12-10-19-8-7-18(12)14-17-11(2)13(20-14)9-16-15(3,4)5/h12,16H,6-10H2,1-5H3. The largest absolute Gasteiger partial charge is 0.377 e. The number of aryl methyl sites for hydroxylation is 1. The summed E-state index contributed by atoms with van der Waals surface area (Å²) in [6.45, 7) is 14.4. The van der Waals surface area contributed by atoms with Gasteiger partial charge in [-0.3, -0.25) is 0 Å². The van der Waals surface area contributed by atoms with Gasteiger partial charge in [0.1, 0.15) is 0 Å². The molecule has 1 aromatic rings. The Morgan fingerprint density at radius 2 is 2.20 bits per heavy atom. The lowest BCUT2D eigenvalue weighted by Gasteiger charge is -2.34. The molecule has 0 aliphatic carbocycles. The number of rotatable bonds is 4. The average molecular weight is 297 g/mol. The van der Waals surface area contributed by atoms with Crippen molar-refractivity contribution in [3.8, 4) is 0 Å². The first-order chi connectivity index (χ1) is 9.40. The smallest absolute Gasteiger partial charge is 0.186 e. The van der Waals surface area contributed by atoms with Gasteiger partial charge in [-0.2, -0.15) is 0 Å². The average Bonchev–Trinajstić information content (AvgIpc) is 2.77. The number of nitrogens with one attached hydrogen (secondary N) is 1. The van der Waals surface area contributed by atoms with Crippen LogP contribution in [0.15, 0.2) is 0 Å². The van der Waals surface area contributed by atoms with Crippen molar-refractivity contribution in [2.45, 2.75) is 59.2 Å². The molecule has 1 aromatic heterocycles. The quantitative estimate of drug-likeness (QED) is 0.927. The Morgan fingerprint density at radius 3 is 2.85 bits per heavy atom. The zero-order valence-electron chi connectivity index (χ0n) is 13.3. The van der Waals surface area contributed by atoms with Crippen LogP contribution in [0.25, 0.3) is 0 Å². The normalized spacial score (nSPS) is 20.4. The molecular weight excluding hydrogens is 270 g/mol. The molecule has 2 rings (SSSR count). The number of hydrogen-bond donors (Lipinski definition) is 1. The molecule has 1 fully saturated rings. The Labute approximate surface area is 126 Å². The van der Waals surface area contributed by atoms with Crippen LogP contribution in [0, 0.1) is 6.92 Å². The lowest BCUT2D eigenvalue weighted by atomic mass is 10.1. The van der Waals surface area contributed by atoms with Gasteiger partial charge in [0.2, 0.25) is 0 Å². The lowest BCUT2D eigenvalue weighted by molar-refractivity contribution is 0.0929. The Morgan fingerprint density at radius 1 is 1.45 bits per heavy atom. The van der Waals surface area contributed by atoms with Crippen LogP contribution in [0.3, 0.4) is 0 Å².